The molecule has 0 spiro atoms. The van der Waals surface area contributed by atoms with Crippen molar-refractivity contribution in [3.8, 4) is 0 Å². The molecule has 21 heavy (non-hydrogen) atoms. The van der Waals surface area contributed by atoms with Gasteiger partial charge in [0.1, 0.15) is 0 Å². The van der Waals surface area contributed by atoms with Gasteiger partial charge in [-0.25, -0.2) is 0 Å². The van der Waals surface area contributed by atoms with Gasteiger partial charge in [0.25, 0.3) is 0 Å². The lowest BCUT2D eigenvalue weighted by molar-refractivity contribution is -0.00815. The number of rotatable bonds is 4. The highest BCUT2D eigenvalue weighted by molar-refractivity contribution is 4.89. The van der Waals surface area contributed by atoms with E-state index in [1.807, 2.05) is 0 Å². The third-order valence-corrected chi connectivity index (χ3v) is 5.05. The highest BCUT2D eigenvalue weighted by atomic mass is 16.5. The number of hydrogen-bond acceptors (Lipinski definition) is 3. The fourth-order valence-electron chi connectivity index (χ4n) is 3.59. The Morgan fingerprint density at radius 1 is 0.952 bits per heavy atom. The van der Waals surface area contributed by atoms with Gasteiger partial charge < -0.3 is 15.0 Å². The molecule has 3 nitrogen and oxygen atoms in total. The highest BCUT2D eigenvalue weighted by Crippen LogP contribution is 2.32. The zero-order valence-electron chi connectivity index (χ0n) is 14.5. The van der Waals surface area contributed by atoms with Gasteiger partial charge in [0.2, 0.25) is 0 Å². The summed E-state index contributed by atoms with van der Waals surface area (Å²) in [5.74, 6) is 0. The Labute approximate surface area is 131 Å². The second kappa shape index (κ2) is 7.94. The van der Waals surface area contributed by atoms with Crippen molar-refractivity contribution >= 4 is 0 Å². The van der Waals surface area contributed by atoms with Crippen LogP contribution in [-0.4, -0.2) is 49.8 Å². The molecule has 0 amide bonds. The van der Waals surface area contributed by atoms with Crippen LogP contribution in [0.2, 0.25) is 0 Å². The zero-order valence-corrected chi connectivity index (χ0v) is 14.5. The minimum absolute atomic E-state index is 0.210. The van der Waals surface area contributed by atoms with E-state index in [-0.39, 0.29) is 5.54 Å². The number of nitrogens with zero attached hydrogens (tertiary/aromatic N) is 1. The molecule has 124 valence electrons. The second-order valence-corrected chi connectivity index (χ2v) is 8.26. The molecule has 0 atom stereocenters. The first-order chi connectivity index (χ1) is 9.99. The molecule has 2 aliphatic rings. The third kappa shape index (κ3) is 6.25. The van der Waals surface area contributed by atoms with Crippen molar-refractivity contribution < 1.29 is 4.74 Å². The molecular weight excluding hydrogens is 260 g/mol. The van der Waals surface area contributed by atoms with Crippen molar-refractivity contribution in [3.05, 3.63) is 0 Å². The minimum atomic E-state index is 0.210. The fourth-order valence-corrected chi connectivity index (χ4v) is 3.59. The molecule has 2 saturated heterocycles. The van der Waals surface area contributed by atoms with Crippen molar-refractivity contribution in [2.45, 2.75) is 71.3 Å². The lowest BCUT2D eigenvalue weighted by Gasteiger charge is -2.43. The van der Waals surface area contributed by atoms with Crippen molar-refractivity contribution in [1.29, 1.82) is 0 Å². The Bertz CT molecular complexity index is 284. The van der Waals surface area contributed by atoms with Crippen LogP contribution < -0.4 is 5.32 Å². The Kier molecular flexibility index (Phi) is 6.51. The summed E-state index contributed by atoms with van der Waals surface area (Å²) in [5.41, 5.74) is 0.631. The van der Waals surface area contributed by atoms with E-state index in [1.54, 1.807) is 0 Å². The molecule has 2 rings (SSSR count). The normalized spacial score (nSPS) is 25.3. The van der Waals surface area contributed by atoms with Crippen LogP contribution in [0.3, 0.4) is 0 Å². The molecule has 0 bridgehead atoms. The van der Waals surface area contributed by atoms with Gasteiger partial charge in [-0.05, 0) is 65.0 Å². The first-order valence-electron chi connectivity index (χ1n) is 9.04. The summed E-state index contributed by atoms with van der Waals surface area (Å²) >= 11 is 0. The van der Waals surface area contributed by atoms with Crippen molar-refractivity contribution in [3.63, 3.8) is 0 Å². The summed E-state index contributed by atoms with van der Waals surface area (Å²) in [6.07, 6.45) is 9.50. The predicted molar refractivity (Wildman–Crippen MR) is 89.8 cm³/mol. The number of hydrogen-bond donors (Lipinski definition) is 1. The van der Waals surface area contributed by atoms with Gasteiger partial charge in [0.15, 0.2) is 0 Å². The summed E-state index contributed by atoms with van der Waals surface area (Å²) in [5, 5.41) is 3.77. The van der Waals surface area contributed by atoms with E-state index >= 15 is 0 Å². The van der Waals surface area contributed by atoms with Crippen LogP contribution in [0, 0.1) is 5.41 Å². The maximum Gasteiger partial charge on any atom is 0.0472 e. The van der Waals surface area contributed by atoms with E-state index < -0.39 is 0 Å². The Hall–Kier alpha value is -0.120. The zero-order chi connectivity index (χ0) is 15.2. The maximum atomic E-state index is 5.64. The molecule has 0 unspecified atom stereocenters. The van der Waals surface area contributed by atoms with Crippen molar-refractivity contribution in [2.24, 2.45) is 5.41 Å². The highest BCUT2D eigenvalue weighted by Gasteiger charge is 2.35. The van der Waals surface area contributed by atoms with E-state index in [2.05, 4.69) is 31.0 Å². The van der Waals surface area contributed by atoms with Gasteiger partial charge in [-0.15, -0.1) is 0 Å². The Morgan fingerprint density at radius 2 is 1.52 bits per heavy atom. The molecule has 3 heteroatoms. The molecule has 0 aromatic rings. The minimum Gasteiger partial charge on any atom is -0.381 e. The average Bonchev–Trinajstić information content (AvgIpc) is 2.40. The van der Waals surface area contributed by atoms with Crippen LogP contribution in [0.1, 0.15) is 65.7 Å². The van der Waals surface area contributed by atoms with Crippen molar-refractivity contribution in [2.75, 3.05) is 39.4 Å². The molecule has 2 aliphatic heterocycles. The summed E-state index contributed by atoms with van der Waals surface area (Å²) in [7, 11) is 0. The van der Waals surface area contributed by atoms with Crippen LogP contribution in [-0.2, 0) is 4.74 Å². The summed E-state index contributed by atoms with van der Waals surface area (Å²) in [6, 6.07) is 0. The lowest BCUT2D eigenvalue weighted by atomic mass is 9.78. The molecule has 1 N–H and O–H groups in total. The van der Waals surface area contributed by atoms with Crippen LogP contribution in [0.25, 0.3) is 0 Å². The molecule has 2 fully saturated rings. The molecule has 0 aromatic carbocycles. The summed E-state index contributed by atoms with van der Waals surface area (Å²) in [4.78, 5) is 2.74. The SMILES string of the molecule is CC(C)(C)NCC1(CN2CCCCCCC2)CCOCC1. The van der Waals surface area contributed by atoms with Crippen LogP contribution in [0.15, 0.2) is 0 Å². The van der Waals surface area contributed by atoms with Gasteiger partial charge >= 0.3 is 0 Å². The molecule has 0 saturated carbocycles. The molecule has 0 aliphatic carbocycles. The molecule has 0 radical (unpaired) electrons. The quantitative estimate of drug-likeness (QED) is 0.860. The van der Waals surface area contributed by atoms with E-state index in [4.69, 9.17) is 4.74 Å². The predicted octanol–water partition coefficient (Wildman–Crippen LogP) is 3.44. The van der Waals surface area contributed by atoms with E-state index in [0.29, 0.717) is 5.41 Å². The summed E-state index contributed by atoms with van der Waals surface area (Å²) < 4.78 is 5.64. The number of likely N-dealkylation sites (tertiary alicyclic amines) is 1. The van der Waals surface area contributed by atoms with Gasteiger partial charge in [0, 0.05) is 31.8 Å². The largest absolute Gasteiger partial charge is 0.381 e. The second-order valence-electron chi connectivity index (χ2n) is 8.26. The lowest BCUT2D eigenvalue weighted by Crippen LogP contribution is -2.51. The van der Waals surface area contributed by atoms with Gasteiger partial charge in [-0.3, -0.25) is 0 Å². The fraction of sp³-hybridized carbons (Fsp3) is 1.00. The first kappa shape index (κ1) is 17.2. The monoisotopic (exact) mass is 296 g/mol. The standard InChI is InChI=1S/C18H36N2O/c1-17(2,3)19-15-18(9-13-21-14-10-18)16-20-11-7-5-4-6-8-12-20/h19H,4-16H2,1-3H3. The van der Waals surface area contributed by atoms with Crippen molar-refractivity contribution in [1.82, 2.24) is 10.2 Å². The van der Waals surface area contributed by atoms with E-state index in [1.165, 1.54) is 64.6 Å². The number of ether oxygens (including phenoxy) is 1. The van der Waals surface area contributed by atoms with Crippen LogP contribution in [0.5, 0.6) is 0 Å². The molecular formula is C18H36N2O. The Morgan fingerprint density at radius 3 is 2.10 bits per heavy atom. The van der Waals surface area contributed by atoms with Gasteiger partial charge in [0.05, 0.1) is 0 Å². The van der Waals surface area contributed by atoms with Crippen LogP contribution in [0.4, 0.5) is 0 Å². The number of nitrogens with one attached hydrogen (secondary N) is 1. The van der Waals surface area contributed by atoms with Gasteiger partial charge in [-0.2, -0.15) is 0 Å². The Balaban J connectivity index is 1.93. The van der Waals surface area contributed by atoms with E-state index in [0.717, 1.165) is 19.8 Å². The maximum absolute atomic E-state index is 5.64. The topological polar surface area (TPSA) is 24.5 Å². The van der Waals surface area contributed by atoms with Gasteiger partial charge in [-0.1, -0.05) is 19.3 Å². The van der Waals surface area contributed by atoms with Crippen LogP contribution >= 0.6 is 0 Å². The first-order valence-corrected chi connectivity index (χ1v) is 9.04. The average molecular weight is 296 g/mol. The molecule has 0 aromatic heterocycles. The smallest absolute Gasteiger partial charge is 0.0472 e. The molecule has 2 heterocycles. The van der Waals surface area contributed by atoms with E-state index in [9.17, 15) is 0 Å². The summed E-state index contributed by atoms with van der Waals surface area (Å²) in [6.45, 7) is 13.7. The third-order valence-electron chi connectivity index (χ3n) is 5.05.